The van der Waals surface area contributed by atoms with Crippen LogP contribution in [0.25, 0.3) is 21.8 Å². The summed E-state index contributed by atoms with van der Waals surface area (Å²) in [5.41, 5.74) is 2.85. The summed E-state index contributed by atoms with van der Waals surface area (Å²) in [4.78, 5) is 28.3. The minimum absolute atomic E-state index is 0.217. The lowest BCUT2D eigenvalue weighted by Crippen LogP contribution is -2.47. The number of aromatic nitrogens is 2. The zero-order chi connectivity index (χ0) is 23.9. The monoisotopic (exact) mass is 574 g/mol. The molecule has 0 saturated heterocycles. The number of nitrogens with one attached hydrogen (secondary N) is 2. The van der Waals surface area contributed by atoms with Crippen LogP contribution in [0.3, 0.4) is 0 Å². The number of H-pyrrole nitrogens is 1. The predicted molar refractivity (Wildman–Crippen MR) is 138 cm³/mol. The number of hydrogen-bond acceptors (Lipinski definition) is 2. The molecule has 33 heavy (non-hydrogen) atoms. The van der Waals surface area contributed by atoms with Crippen LogP contribution in [0.1, 0.15) is 32.4 Å². The highest BCUT2D eigenvalue weighted by Gasteiger charge is 2.32. The third-order valence-electron chi connectivity index (χ3n) is 5.78. The normalized spacial score (nSPS) is 12.8. The molecule has 0 bridgehead atoms. The number of amides is 2. The van der Waals surface area contributed by atoms with Crippen LogP contribution in [0.15, 0.2) is 57.7 Å². The smallest absolute Gasteiger partial charge is 0.407 e. The van der Waals surface area contributed by atoms with E-state index in [0.29, 0.717) is 12.1 Å². The van der Waals surface area contributed by atoms with Crippen molar-refractivity contribution >= 4 is 71.9 Å². The molecule has 0 aliphatic rings. The average molecular weight is 576 g/mol. The molecule has 172 valence electrons. The first-order valence-electron chi connectivity index (χ1n) is 10.4. The molecule has 9 heteroatoms. The summed E-state index contributed by atoms with van der Waals surface area (Å²) in [6, 6.07) is 11.4. The first-order valence-corrected chi connectivity index (χ1v) is 12.0. The Kier molecular flexibility index (Phi) is 6.28. The van der Waals surface area contributed by atoms with Crippen molar-refractivity contribution in [3.63, 3.8) is 0 Å². The Labute approximate surface area is 208 Å². The summed E-state index contributed by atoms with van der Waals surface area (Å²) >= 11 is 7.10. The van der Waals surface area contributed by atoms with Gasteiger partial charge in [0.25, 0.3) is 0 Å². The molecule has 7 nitrogen and oxygen atoms in total. The van der Waals surface area contributed by atoms with Gasteiger partial charge in [-0.15, -0.1) is 0 Å². The summed E-state index contributed by atoms with van der Waals surface area (Å²) in [6.07, 6.45) is 3.46. The molecular formula is C24H24Br2N4O3. The second kappa shape index (κ2) is 8.87. The van der Waals surface area contributed by atoms with Crippen molar-refractivity contribution in [2.75, 3.05) is 11.9 Å². The molecule has 3 N–H and O–H groups in total. The summed E-state index contributed by atoms with van der Waals surface area (Å²) in [6.45, 7) is 5.87. The largest absolute Gasteiger partial charge is 0.465 e. The van der Waals surface area contributed by atoms with Crippen LogP contribution < -0.4 is 5.32 Å². The Morgan fingerprint density at radius 3 is 2.55 bits per heavy atom. The molecular weight excluding hydrogens is 552 g/mol. The third-order valence-corrected chi connectivity index (χ3v) is 6.76. The molecule has 4 rings (SSSR count). The van der Waals surface area contributed by atoms with Crippen LogP contribution in [0.2, 0.25) is 0 Å². The van der Waals surface area contributed by atoms with Crippen molar-refractivity contribution in [1.29, 1.82) is 0 Å². The number of benzene rings is 2. The maximum Gasteiger partial charge on any atom is 0.407 e. The van der Waals surface area contributed by atoms with E-state index in [1.165, 1.54) is 4.90 Å². The Morgan fingerprint density at radius 1 is 1.18 bits per heavy atom. The van der Waals surface area contributed by atoms with Crippen LogP contribution >= 0.6 is 31.9 Å². The molecule has 1 unspecified atom stereocenters. The zero-order valence-electron chi connectivity index (χ0n) is 18.4. The number of nitrogens with zero attached hydrogens (tertiary/aromatic N) is 2. The number of rotatable bonds is 6. The van der Waals surface area contributed by atoms with Gasteiger partial charge in [0.1, 0.15) is 0 Å². The van der Waals surface area contributed by atoms with Gasteiger partial charge in [-0.25, -0.2) is 4.79 Å². The molecule has 1 atom stereocenters. The summed E-state index contributed by atoms with van der Waals surface area (Å²) in [5.74, 6) is 0. The molecule has 0 saturated carbocycles. The number of aromatic amines is 1. The van der Waals surface area contributed by atoms with E-state index in [1.54, 1.807) is 0 Å². The molecule has 0 aliphatic heterocycles. The lowest BCUT2D eigenvalue weighted by atomic mass is 10.0. The Bertz CT molecular complexity index is 1350. The minimum Gasteiger partial charge on any atom is -0.465 e. The second-order valence-electron chi connectivity index (χ2n) is 8.89. The third kappa shape index (κ3) is 4.52. The highest BCUT2D eigenvalue weighted by molar-refractivity contribution is 9.10. The predicted octanol–water partition coefficient (Wildman–Crippen LogP) is 6.58. The number of anilines is 1. The second-order valence-corrected chi connectivity index (χ2v) is 10.7. The van der Waals surface area contributed by atoms with Crippen molar-refractivity contribution < 1.29 is 14.7 Å². The van der Waals surface area contributed by atoms with Gasteiger partial charge < -0.3 is 24.9 Å². The van der Waals surface area contributed by atoms with Crippen LogP contribution in [-0.4, -0.2) is 44.1 Å². The standard InChI is InChI=1S/C24H24Br2N4O3/c1-24(2,3)30(23(32)33)12-22(18-10-27-19-7-5-14(25)8-17(18)19)29-11-20(28-13-31)16-6-4-15(26)9-21(16)29/h4-11,13,22,27H,12H2,1-3H3,(H,28,31)(H,32,33). The molecule has 0 radical (unpaired) electrons. The van der Waals surface area contributed by atoms with Gasteiger partial charge in [0, 0.05) is 55.3 Å². The van der Waals surface area contributed by atoms with E-state index >= 15 is 0 Å². The SMILES string of the molecule is CC(C)(C)N(CC(c1c[nH]c2ccc(Br)cc12)n1cc(NC=O)c2ccc(Br)cc21)C(=O)O. The van der Waals surface area contributed by atoms with Gasteiger partial charge in [0.15, 0.2) is 0 Å². The maximum absolute atomic E-state index is 12.3. The van der Waals surface area contributed by atoms with E-state index in [0.717, 1.165) is 36.3 Å². The Hall–Kier alpha value is -2.78. The number of fused-ring (bicyclic) bond motifs is 2. The van der Waals surface area contributed by atoms with Gasteiger partial charge in [-0.2, -0.15) is 0 Å². The fourth-order valence-electron chi connectivity index (χ4n) is 4.20. The van der Waals surface area contributed by atoms with Crippen molar-refractivity contribution in [2.45, 2.75) is 32.4 Å². The van der Waals surface area contributed by atoms with E-state index in [9.17, 15) is 14.7 Å². The molecule has 0 fully saturated rings. The van der Waals surface area contributed by atoms with Crippen molar-refractivity contribution in [3.8, 4) is 0 Å². The molecule has 2 heterocycles. The fourth-order valence-corrected chi connectivity index (χ4v) is 4.91. The van der Waals surface area contributed by atoms with Gasteiger partial charge >= 0.3 is 6.09 Å². The fraction of sp³-hybridized carbons (Fsp3) is 0.250. The molecule has 2 amide bonds. The minimum atomic E-state index is -0.989. The van der Waals surface area contributed by atoms with Crippen LogP contribution in [-0.2, 0) is 4.79 Å². The number of hydrogen-bond donors (Lipinski definition) is 3. The van der Waals surface area contributed by atoms with Crippen LogP contribution in [0, 0.1) is 0 Å². The lowest BCUT2D eigenvalue weighted by molar-refractivity contribution is -0.105. The van der Waals surface area contributed by atoms with E-state index in [4.69, 9.17) is 0 Å². The summed E-state index contributed by atoms with van der Waals surface area (Å²) in [5, 5.41) is 14.7. The van der Waals surface area contributed by atoms with Gasteiger partial charge in [0.05, 0.1) is 17.2 Å². The van der Waals surface area contributed by atoms with E-state index < -0.39 is 11.6 Å². The molecule has 2 aromatic heterocycles. The zero-order valence-corrected chi connectivity index (χ0v) is 21.6. The topological polar surface area (TPSA) is 90.4 Å². The number of halogens is 2. The summed E-state index contributed by atoms with van der Waals surface area (Å²) in [7, 11) is 0. The van der Waals surface area contributed by atoms with E-state index in [1.807, 2.05) is 74.1 Å². The highest BCUT2D eigenvalue weighted by atomic mass is 79.9. The first-order chi connectivity index (χ1) is 15.6. The quantitative estimate of drug-likeness (QED) is 0.227. The van der Waals surface area contributed by atoms with Gasteiger partial charge in [-0.3, -0.25) is 4.79 Å². The first kappa shape index (κ1) is 23.4. The number of carboxylic acid groups (broad SMARTS) is 1. The van der Waals surface area contributed by atoms with Crippen LogP contribution in [0.4, 0.5) is 10.5 Å². The average Bonchev–Trinajstić information content (AvgIpc) is 3.29. The van der Waals surface area contributed by atoms with Crippen LogP contribution in [0.5, 0.6) is 0 Å². The van der Waals surface area contributed by atoms with Gasteiger partial charge in [0.2, 0.25) is 6.41 Å². The maximum atomic E-state index is 12.3. The summed E-state index contributed by atoms with van der Waals surface area (Å²) < 4.78 is 3.86. The Morgan fingerprint density at radius 2 is 1.88 bits per heavy atom. The van der Waals surface area contributed by atoms with Gasteiger partial charge in [-0.05, 0) is 57.2 Å². The molecule has 0 spiro atoms. The molecule has 2 aromatic carbocycles. The van der Waals surface area contributed by atoms with Crippen molar-refractivity contribution in [2.24, 2.45) is 0 Å². The Balaban J connectivity index is 1.99. The van der Waals surface area contributed by atoms with E-state index in [-0.39, 0.29) is 12.6 Å². The molecule has 0 aliphatic carbocycles. The number of carbonyl (C=O) groups excluding carboxylic acids is 1. The highest BCUT2D eigenvalue weighted by Crippen LogP contribution is 2.37. The lowest BCUT2D eigenvalue weighted by Gasteiger charge is -2.36. The molecule has 4 aromatic rings. The van der Waals surface area contributed by atoms with Crippen molar-refractivity contribution in [1.82, 2.24) is 14.5 Å². The van der Waals surface area contributed by atoms with Gasteiger partial charge in [-0.1, -0.05) is 31.9 Å². The van der Waals surface area contributed by atoms with Crippen molar-refractivity contribution in [3.05, 3.63) is 63.3 Å². The van der Waals surface area contributed by atoms with E-state index in [2.05, 4.69) is 42.2 Å². The number of carbonyl (C=O) groups is 2.